The van der Waals surface area contributed by atoms with Crippen molar-refractivity contribution in [2.24, 2.45) is 0 Å². The molecule has 0 atom stereocenters. The van der Waals surface area contributed by atoms with Crippen LogP contribution in [-0.4, -0.2) is 8.42 Å². The molecular formula is C16H18O2S. The van der Waals surface area contributed by atoms with Crippen LogP contribution in [0.2, 0.25) is 0 Å². The zero-order valence-corrected chi connectivity index (χ0v) is 11.9. The van der Waals surface area contributed by atoms with E-state index < -0.39 is 9.84 Å². The van der Waals surface area contributed by atoms with Crippen LogP contribution in [-0.2, 0) is 9.84 Å². The SMILES string of the molecule is C=C/C=C(\C)CCC=C=CS(=O)(=O)c1ccccc1. The first-order valence-electron chi connectivity index (χ1n) is 6.05. The Morgan fingerprint density at radius 1 is 1.32 bits per heavy atom. The first-order valence-corrected chi connectivity index (χ1v) is 7.60. The Kier molecular flexibility index (Phi) is 6.07. The fraction of sp³-hybridized carbons (Fsp3) is 0.188. The summed E-state index contributed by atoms with van der Waals surface area (Å²) < 4.78 is 23.7. The summed E-state index contributed by atoms with van der Waals surface area (Å²) in [5.74, 6) is 0. The van der Waals surface area contributed by atoms with E-state index in [9.17, 15) is 8.42 Å². The van der Waals surface area contributed by atoms with Gasteiger partial charge in [-0.25, -0.2) is 8.42 Å². The van der Waals surface area contributed by atoms with E-state index in [-0.39, 0.29) is 0 Å². The largest absolute Gasteiger partial charge is 0.218 e. The van der Waals surface area contributed by atoms with Crippen molar-refractivity contribution in [1.29, 1.82) is 0 Å². The van der Waals surface area contributed by atoms with Crippen LogP contribution in [0, 0.1) is 0 Å². The minimum atomic E-state index is -3.37. The maximum absolute atomic E-state index is 11.9. The van der Waals surface area contributed by atoms with Gasteiger partial charge in [-0.1, -0.05) is 42.5 Å². The number of rotatable bonds is 6. The van der Waals surface area contributed by atoms with Crippen molar-refractivity contribution in [2.75, 3.05) is 0 Å². The van der Waals surface area contributed by atoms with Crippen LogP contribution in [0.25, 0.3) is 0 Å². The van der Waals surface area contributed by atoms with Gasteiger partial charge in [0, 0.05) is 0 Å². The van der Waals surface area contributed by atoms with Crippen LogP contribution in [0.1, 0.15) is 19.8 Å². The lowest BCUT2D eigenvalue weighted by Crippen LogP contribution is -1.94. The van der Waals surface area contributed by atoms with Crippen molar-refractivity contribution in [3.05, 3.63) is 71.9 Å². The van der Waals surface area contributed by atoms with Gasteiger partial charge in [-0.15, -0.1) is 5.73 Å². The van der Waals surface area contributed by atoms with Crippen molar-refractivity contribution in [3.8, 4) is 0 Å². The van der Waals surface area contributed by atoms with Gasteiger partial charge >= 0.3 is 0 Å². The molecule has 0 saturated heterocycles. The topological polar surface area (TPSA) is 34.1 Å². The summed E-state index contributed by atoms with van der Waals surface area (Å²) in [6, 6.07) is 8.34. The molecule has 0 aliphatic heterocycles. The van der Waals surface area contributed by atoms with Crippen LogP contribution in [0.3, 0.4) is 0 Å². The quantitative estimate of drug-likeness (QED) is 0.579. The Bertz CT molecular complexity index is 601. The number of sulfone groups is 1. The summed E-state index contributed by atoms with van der Waals surface area (Å²) in [6.45, 7) is 5.64. The summed E-state index contributed by atoms with van der Waals surface area (Å²) in [5.41, 5.74) is 3.94. The Labute approximate surface area is 115 Å². The van der Waals surface area contributed by atoms with Gasteiger partial charge < -0.3 is 0 Å². The predicted octanol–water partition coefficient (Wildman–Crippen LogP) is 4.04. The average Bonchev–Trinajstić information content (AvgIpc) is 2.39. The molecule has 0 saturated carbocycles. The zero-order chi connectivity index (χ0) is 14.1. The third-order valence-electron chi connectivity index (χ3n) is 2.50. The molecule has 0 spiro atoms. The Morgan fingerprint density at radius 3 is 2.63 bits per heavy atom. The molecule has 0 N–H and O–H groups in total. The minimum Gasteiger partial charge on any atom is -0.218 e. The van der Waals surface area contributed by atoms with E-state index in [1.54, 1.807) is 42.5 Å². The molecule has 0 radical (unpaired) electrons. The van der Waals surface area contributed by atoms with Gasteiger partial charge in [0.2, 0.25) is 9.84 Å². The van der Waals surface area contributed by atoms with Gasteiger partial charge in [-0.3, -0.25) is 0 Å². The highest BCUT2D eigenvalue weighted by Crippen LogP contribution is 2.10. The van der Waals surface area contributed by atoms with Gasteiger partial charge in [-0.2, -0.15) is 0 Å². The van der Waals surface area contributed by atoms with Crippen LogP contribution < -0.4 is 0 Å². The van der Waals surface area contributed by atoms with E-state index in [1.165, 1.54) is 5.57 Å². The number of hydrogen-bond acceptors (Lipinski definition) is 2. The maximum atomic E-state index is 11.9. The van der Waals surface area contributed by atoms with Crippen LogP contribution in [0.5, 0.6) is 0 Å². The first-order chi connectivity index (χ1) is 9.06. The number of hydrogen-bond donors (Lipinski definition) is 0. The second-order valence-electron chi connectivity index (χ2n) is 4.13. The molecular weight excluding hydrogens is 256 g/mol. The molecule has 3 heteroatoms. The van der Waals surface area contributed by atoms with E-state index in [0.29, 0.717) is 4.90 Å². The fourth-order valence-corrected chi connectivity index (χ4v) is 2.43. The van der Waals surface area contributed by atoms with E-state index in [0.717, 1.165) is 18.2 Å². The monoisotopic (exact) mass is 274 g/mol. The highest BCUT2D eigenvalue weighted by molar-refractivity contribution is 7.94. The second kappa shape index (κ2) is 7.57. The molecule has 1 aromatic carbocycles. The number of allylic oxidation sites excluding steroid dienone is 4. The molecule has 0 aromatic heterocycles. The van der Waals surface area contributed by atoms with E-state index >= 15 is 0 Å². The summed E-state index contributed by atoms with van der Waals surface area (Å²) in [4.78, 5) is 0.290. The second-order valence-corrected chi connectivity index (χ2v) is 5.93. The average molecular weight is 274 g/mol. The van der Waals surface area contributed by atoms with E-state index in [2.05, 4.69) is 12.3 Å². The summed E-state index contributed by atoms with van der Waals surface area (Å²) >= 11 is 0. The maximum Gasteiger partial charge on any atom is 0.207 e. The normalized spacial score (nSPS) is 11.5. The zero-order valence-electron chi connectivity index (χ0n) is 11.0. The van der Waals surface area contributed by atoms with Crippen molar-refractivity contribution in [2.45, 2.75) is 24.7 Å². The lowest BCUT2D eigenvalue weighted by Gasteiger charge is -1.96. The van der Waals surface area contributed by atoms with E-state index in [1.807, 2.05) is 13.0 Å². The molecule has 0 bridgehead atoms. The lowest BCUT2D eigenvalue weighted by molar-refractivity contribution is 0.604. The van der Waals surface area contributed by atoms with E-state index in [4.69, 9.17) is 0 Å². The Balaban J connectivity index is 2.66. The standard InChI is InChI=1S/C16H18O2S/c1-3-10-15(2)11-6-5-9-14-19(17,18)16-12-7-4-8-13-16/h3-5,7-8,10,12-14H,1,6,11H2,2H3/b15-10+. The van der Waals surface area contributed by atoms with Crippen molar-refractivity contribution < 1.29 is 8.42 Å². The molecule has 1 rings (SSSR count). The summed E-state index contributed by atoms with van der Waals surface area (Å²) in [6.07, 6.45) is 7.06. The Morgan fingerprint density at radius 2 is 2.00 bits per heavy atom. The predicted molar refractivity (Wildman–Crippen MR) is 79.5 cm³/mol. The van der Waals surface area contributed by atoms with Gasteiger partial charge in [0.1, 0.15) is 0 Å². The molecule has 0 aliphatic carbocycles. The van der Waals surface area contributed by atoms with Gasteiger partial charge in [0.25, 0.3) is 0 Å². The molecule has 2 nitrogen and oxygen atoms in total. The summed E-state index contributed by atoms with van der Waals surface area (Å²) in [5, 5.41) is 1.12. The lowest BCUT2D eigenvalue weighted by atomic mass is 10.1. The fourth-order valence-electron chi connectivity index (χ4n) is 1.48. The third-order valence-corrected chi connectivity index (χ3v) is 3.87. The molecule has 0 aliphatic rings. The molecule has 1 aromatic rings. The first kappa shape index (κ1) is 15.2. The smallest absolute Gasteiger partial charge is 0.207 e. The van der Waals surface area contributed by atoms with Crippen LogP contribution >= 0.6 is 0 Å². The van der Waals surface area contributed by atoms with Crippen molar-refractivity contribution >= 4 is 9.84 Å². The molecule has 0 unspecified atom stereocenters. The van der Waals surface area contributed by atoms with Crippen LogP contribution in [0.4, 0.5) is 0 Å². The molecule has 0 amide bonds. The van der Waals surface area contributed by atoms with Gasteiger partial charge in [-0.05, 0) is 38.0 Å². The van der Waals surface area contributed by atoms with Crippen molar-refractivity contribution in [3.63, 3.8) is 0 Å². The molecule has 0 heterocycles. The number of benzene rings is 1. The van der Waals surface area contributed by atoms with Gasteiger partial charge in [0.05, 0.1) is 10.3 Å². The minimum absolute atomic E-state index is 0.290. The summed E-state index contributed by atoms with van der Waals surface area (Å²) in [7, 11) is -3.37. The molecule has 100 valence electrons. The van der Waals surface area contributed by atoms with Crippen LogP contribution in [0.15, 0.2) is 76.7 Å². The molecule has 19 heavy (non-hydrogen) atoms. The molecule has 0 fully saturated rings. The highest BCUT2D eigenvalue weighted by Gasteiger charge is 2.07. The highest BCUT2D eigenvalue weighted by atomic mass is 32.2. The third kappa shape index (κ3) is 5.56. The Hall–Kier alpha value is -1.83. The van der Waals surface area contributed by atoms with Crippen molar-refractivity contribution in [1.82, 2.24) is 0 Å². The van der Waals surface area contributed by atoms with Gasteiger partial charge in [0.15, 0.2) is 0 Å².